The lowest BCUT2D eigenvalue weighted by Gasteiger charge is -2.33. The summed E-state index contributed by atoms with van der Waals surface area (Å²) in [6.07, 6.45) is -0.323. The number of amides is 1. The summed E-state index contributed by atoms with van der Waals surface area (Å²) in [4.78, 5) is 13.3. The zero-order valence-electron chi connectivity index (χ0n) is 9.56. The van der Waals surface area contributed by atoms with Crippen LogP contribution in [-0.2, 0) is 4.74 Å². The van der Waals surface area contributed by atoms with Gasteiger partial charge in [0.1, 0.15) is 5.60 Å². The van der Waals surface area contributed by atoms with E-state index in [0.717, 1.165) is 0 Å². The number of aliphatic hydroxyl groups is 1. The highest BCUT2D eigenvalue weighted by Gasteiger charge is 2.27. The van der Waals surface area contributed by atoms with Gasteiger partial charge in [0.2, 0.25) is 0 Å². The van der Waals surface area contributed by atoms with Crippen LogP contribution in [0.2, 0.25) is 0 Å². The molecule has 1 amide bonds. The molecule has 5 nitrogen and oxygen atoms in total. The van der Waals surface area contributed by atoms with Gasteiger partial charge in [-0.25, -0.2) is 10.1 Å². The fourth-order valence-electron chi connectivity index (χ4n) is 1.37. The summed E-state index contributed by atoms with van der Waals surface area (Å²) in [5, 5.41) is 13.1. The van der Waals surface area contributed by atoms with E-state index in [1.165, 1.54) is 0 Å². The zero-order chi connectivity index (χ0) is 11.5. The fraction of sp³-hybridized carbons (Fsp3) is 0.900. The molecular formula is C10H19N2O3. The highest BCUT2D eigenvalue weighted by Crippen LogP contribution is 2.11. The number of aliphatic hydroxyl groups excluding tert-OH is 1. The molecule has 15 heavy (non-hydrogen) atoms. The number of hydrogen-bond donors (Lipinski definition) is 1. The minimum atomic E-state index is -0.472. The Bertz CT molecular complexity index is 225. The zero-order valence-corrected chi connectivity index (χ0v) is 9.56. The van der Waals surface area contributed by atoms with Crippen LogP contribution in [0, 0.1) is 0 Å². The summed E-state index contributed by atoms with van der Waals surface area (Å²) in [6, 6.07) is -0.161. The van der Waals surface area contributed by atoms with Crippen molar-refractivity contribution >= 4 is 6.09 Å². The van der Waals surface area contributed by atoms with Gasteiger partial charge in [0.15, 0.2) is 0 Å². The van der Waals surface area contributed by atoms with Crippen molar-refractivity contribution in [2.24, 2.45) is 0 Å². The highest BCUT2D eigenvalue weighted by atomic mass is 16.6. The molecule has 1 N–H and O–H groups in total. The van der Waals surface area contributed by atoms with E-state index in [1.807, 2.05) is 20.8 Å². The summed E-state index contributed by atoms with van der Waals surface area (Å²) in [6.45, 7) is 7.09. The van der Waals surface area contributed by atoms with Gasteiger partial charge in [0.25, 0.3) is 0 Å². The third-order valence-electron chi connectivity index (χ3n) is 2.05. The van der Waals surface area contributed by atoms with E-state index < -0.39 is 5.60 Å². The summed E-state index contributed by atoms with van der Waals surface area (Å²) in [5.41, 5.74) is -0.472. The predicted octanol–water partition coefficient (Wildman–Crippen LogP) is 0.202. The maximum atomic E-state index is 11.7. The van der Waals surface area contributed by atoms with Crippen molar-refractivity contribution in [3.8, 4) is 0 Å². The van der Waals surface area contributed by atoms with Crippen LogP contribution in [0.5, 0.6) is 0 Å². The van der Waals surface area contributed by atoms with Gasteiger partial charge in [-0.15, -0.1) is 0 Å². The van der Waals surface area contributed by atoms with Crippen molar-refractivity contribution < 1.29 is 14.6 Å². The average Bonchev–Trinajstić information content (AvgIpc) is 2.15. The van der Waals surface area contributed by atoms with Gasteiger partial charge >= 0.3 is 6.09 Å². The maximum Gasteiger partial charge on any atom is 0.410 e. The van der Waals surface area contributed by atoms with Crippen LogP contribution in [0.3, 0.4) is 0 Å². The highest BCUT2D eigenvalue weighted by molar-refractivity contribution is 5.68. The first kappa shape index (κ1) is 12.3. The molecule has 0 saturated carbocycles. The van der Waals surface area contributed by atoms with Gasteiger partial charge in [0, 0.05) is 19.6 Å². The molecule has 1 aliphatic rings. The lowest BCUT2D eigenvalue weighted by molar-refractivity contribution is 0.0170. The van der Waals surface area contributed by atoms with E-state index >= 15 is 0 Å². The van der Waals surface area contributed by atoms with E-state index in [2.05, 4.69) is 5.32 Å². The summed E-state index contributed by atoms with van der Waals surface area (Å²) >= 11 is 0. The van der Waals surface area contributed by atoms with E-state index in [9.17, 15) is 4.79 Å². The number of hydrogen-bond acceptors (Lipinski definition) is 3. The summed E-state index contributed by atoms with van der Waals surface area (Å²) in [5.74, 6) is 0. The molecule has 1 heterocycles. The molecule has 1 aliphatic heterocycles. The number of carbonyl (C=O) groups is 1. The van der Waals surface area contributed by atoms with Crippen molar-refractivity contribution in [3.05, 3.63) is 0 Å². The van der Waals surface area contributed by atoms with E-state index in [-0.39, 0.29) is 18.7 Å². The Morgan fingerprint density at radius 1 is 1.60 bits per heavy atom. The summed E-state index contributed by atoms with van der Waals surface area (Å²) < 4.78 is 5.23. The average molecular weight is 215 g/mol. The van der Waals surface area contributed by atoms with Crippen LogP contribution in [0.1, 0.15) is 20.8 Å². The van der Waals surface area contributed by atoms with Gasteiger partial charge < -0.3 is 14.7 Å². The topological polar surface area (TPSA) is 63.9 Å². The Morgan fingerprint density at radius 2 is 2.27 bits per heavy atom. The van der Waals surface area contributed by atoms with Crippen molar-refractivity contribution in [2.75, 3.05) is 26.2 Å². The normalized spacial score (nSPS) is 22.7. The molecular weight excluding hydrogens is 196 g/mol. The minimum Gasteiger partial charge on any atom is -0.444 e. The predicted molar refractivity (Wildman–Crippen MR) is 55.7 cm³/mol. The van der Waals surface area contributed by atoms with Crippen LogP contribution in [0.15, 0.2) is 0 Å². The third-order valence-corrected chi connectivity index (χ3v) is 2.05. The lowest BCUT2D eigenvalue weighted by atomic mass is 10.2. The number of rotatable bonds is 1. The molecule has 1 unspecified atom stereocenters. The molecule has 0 spiro atoms. The van der Waals surface area contributed by atoms with Crippen molar-refractivity contribution in [3.63, 3.8) is 0 Å². The van der Waals surface area contributed by atoms with Gasteiger partial charge in [-0.1, -0.05) is 0 Å². The first-order valence-electron chi connectivity index (χ1n) is 5.18. The smallest absolute Gasteiger partial charge is 0.410 e. The van der Waals surface area contributed by atoms with Crippen LogP contribution >= 0.6 is 0 Å². The first-order chi connectivity index (χ1) is 6.92. The van der Waals surface area contributed by atoms with E-state index in [4.69, 9.17) is 9.84 Å². The molecule has 87 valence electrons. The molecule has 1 saturated heterocycles. The standard InChI is InChI=1S/C10H19N2O3/c1-10(2,3)15-9(14)12-5-4-11-8(6-12)7-13/h8,13H,4-7H2,1-3H3. The molecule has 1 rings (SSSR count). The second-order valence-electron chi connectivity index (χ2n) is 4.67. The summed E-state index contributed by atoms with van der Waals surface area (Å²) in [7, 11) is 0. The van der Waals surface area contributed by atoms with Crippen molar-refractivity contribution in [2.45, 2.75) is 32.4 Å². The van der Waals surface area contributed by atoms with Gasteiger partial charge in [-0.05, 0) is 20.8 Å². The van der Waals surface area contributed by atoms with E-state index in [0.29, 0.717) is 19.6 Å². The molecule has 0 bridgehead atoms. The second kappa shape index (κ2) is 4.81. The quantitative estimate of drug-likeness (QED) is 0.679. The number of nitrogens with zero attached hydrogens (tertiary/aromatic N) is 2. The Kier molecular flexibility index (Phi) is 3.93. The number of carbonyl (C=O) groups excluding carboxylic acids is 1. The molecule has 1 fully saturated rings. The van der Waals surface area contributed by atoms with Gasteiger partial charge in [0.05, 0.1) is 12.6 Å². The fourth-order valence-corrected chi connectivity index (χ4v) is 1.37. The number of ether oxygens (including phenoxy) is 1. The Balaban J connectivity index is 2.45. The second-order valence-corrected chi connectivity index (χ2v) is 4.67. The van der Waals surface area contributed by atoms with Gasteiger partial charge in [-0.2, -0.15) is 0 Å². The SMILES string of the molecule is CC(C)(C)OC(=O)N1CC[N]C(CO)C1. The van der Waals surface area contributed by atoms with Crippen molar-refractivity contribution in [1.82, 2.24) is 10.2 Å². The Hall–Kier alpha value is -0.810. The van der Waals surface area contributed by atoms with Crippen LogP contribution in [-0.4, -0.2) is 54.0 Å². The van der Waals surface area contributed by atoms with Gasteiger partial charge in [-0.3, -0.25) is 0 Å². The lowest BCUT2D eigenvalue weighted by Crippen LogP contribution is -2.51. The maximum absolute atomic E-state index is 11.7. The Morgan fingerprint density at radius 3 is 2.80 bits per heavy atom. The Labute approximate surface area is 90.4 Å². The molecule has 0 aromatic heterocycles. The van der Waals surface area contributed by atoms with Crippen LogP contribution < -0.4 is 5.32 Å². The molecule has 0 aromatic rings. The minimum absolute atomic E-state index is 0.0146. The third kappa shape index (κ3) is 4.05. The molecule has 1 radical (unpaired) electrons. The monoisotopic (exact) mass is 215 g/mol. The largest absolute Gasteiger partial charge is 0.444 e. The molecule has 1 atom stereocenters. The van der Waals surface area contributed by atoms with E-state index in [1.54, 1.807) is 4.90 Å². The van der Waals surface area contributed by atoms with Crippen LogP contribution in [0.4, 0.5) is 4.79 Å². The molecule has 0 aromatic carbocycles. The number of piperazine rings is 1. The van der Waals surface area contributed by atoms with Crippen molar-refractivity contribution in [1.29, 1.82) is 0 Å². The molecule has 5 heteroatoms. The first-order valence-corrected chi connectivity index (χ1v) is 5.18. The van der Waals surface area contributed by atoms with Crippen LogP contribution in [0.25, 0.3) is 0 Å². The molecule has 0 aliphatic carbocycles.